The molecule has 25 heavy (non-hydrogen) atoms. The maximum absolute atomic E-state index is 12.3. The van der Waals surface area contributed by atoms with Gasteiger partial charge in [0.1, 0.15) is 0 Å². The largest absolute Gasteiger partial charge is 0.462 e. The molecule has 1 aromatic carbocycles. The van der Waals surface area contributed by atoms with Crippen molar-refractivity contribution in [3.05, 3.63) is 62.9 Å². The van der Waals surface area contributed by atoms with Gasteiger partial charge in [-0.1, -0.05) is 28.1 Å². The molecule has 7 heteroatoms. The zero-order chi connectivity index (χ0) is 18.4. The highest BCUT2D eigenvalue weighted by Crippen LogP contribution is 2.14. The molecule has 0 radical (unpaired) electrons. The van der Waals surface area contributed by atoms with Gasteiger partial charge in [0.25, 0.3) is 5.91 Å². The Hall–Kier alpha value is -2.54. The number of hydrazone groups is 1. The molecule has 0 aliphatic rings. The molecule has 6 nitrogen and oxygen atoms in total. The van der Waals surface area contributed by atoms with Crippen LogP contribution in [0, 0.1) is 13.8 Å². The second kappa shape index (κ2) is 8.53. The summed E-state index contributed by atoms with van der Waals surface area (Å²) in [6.07, 6.45) is 1.54. The van der Waals surface area contributed by atoms with E-state index in [0.717, 1.165) is 10.0 Å². The number of nitrogens with one attached hydrogen (secondary N) is 1. The fourth-order valence-electron chi connectivity index (χ4n) is 2.15. The molecule has 2 rings (SSSR count). The average Bonchev–Trinajstić information content (AvgIpc) is 2.56. The monoisotopic (exact) mass is 403 g/mol. The first-order valence-corrected chi connectivity index (χ1v) is 8.46. The number of carbonyl (C=O) groups excluding carboxylic acids is 2. The zero-order valence-electron chi connectivity index (χ0n) is 14.2. The molecule has 130 valence electrons. The van der Waals surface area contributed by atoms with Crippen LogP contribution >= 0.6 is 15.9 Å². The fourth-order valence-corrected chi connectivity index (χ4v) is 2.41. The number of rotatable bonds is 5. The molecule has 1 amide bonds. The first kappa shape index (κ1) is 18.8. The number of aromatic nitrogens is 1. The predicted molar refractivity (Wildman–Crippen MR) is 98.9 cm³/mol. The highest BCUT2D eigenvalue weighted by atomic mass is 79.9. The van der Waals surface area contributed by atoms with Gasteiger partial charge >= 0.3 is 5.97 Å². The summed E-state index contributed by atoms with van der Waals surface area (Å²) in [6.45, 7) is 5.38. The van der Waals surface area contributed by atoms with E-state index in [1.54, 1.807) is 20.8 Å². The van der Waals surface area contributed by atoms with Crippen LogP contribution in [-0.2, 0) is 4.74 Å². The summed E-state index contributed by atoms with van der Waals surface area (Å²) in [4.78, 5) is 28.5. The van der Waals surface area contributed by atoms with Gasteiger partial charge in [-0.2, -0.15) is 5.10 Å². The van der Waals surface area contributed by atoms with Gasteiger partial charge in [0, 0.05) is 4.47 Å². The minimum atomic E-state index is -0.500. The third-order valence-electron chi connectivity index (χ3n) is 3.39. The van der Waals surface area contributed by atoms with Crippen molar-refractivity contribution in [2.45, 2.75) is 20.8 Å². The molecule has 0 saturated carbocycles. The van der Waals surface area contributed by atoms with Crippen LogP contribution in [0.2, 0.25) is 0 Å². The van der Waals surface area contributed by atoms with Gasteiger partial charge < -0.3 is 4.74 Å². The van der Waals surface area contributed by atoms with Gasteiger partial charge in [0.15, 0.2) is 0 Å². The lowest BCUT2D eigenvalue weighted by atomic mass is 10.1. The third kappa shape index (κ3) is 4.96. The average molecular weight is 404 g/mol. The van der Waals surface area contributed by atoms with Crippen LogP contribution in [0.4, 0.5) is 0 Å². The maximum atomic E-state index is 12.3. The molecule has 0 atom stereocenters. The van der Waals surface area contributed by atoms with Crippen LogP contribution in [0.25, 0.3) is 0 Å². The molecule has 0 spiro atoms. The maximum Gasteiger partial charge on any atom is 0.339 e. The molecule has 1 heterocycles. The van der Waals surface area contributed by atoms with Crippen LogP contribution in [-0.4, -0.2) is 29.7 Å². The zero-order valence-corrected chi connectivity index (χ0v) is 15.8. The van der Waals surface area contributed by atoms with Crippen molar-refractivity contribution in [2.24, 2.45) is 5.10 Å². The summed E-state index contributed by atoms with van der Waals surface area (Å²) >= 11 is 3.35. The molecule has 0 unspecified atom stereocenters. The van der Waals surface area contributed by atoms with Crippen LogP contribution in [0.15, 0.2) is 39.9 Å². The van der Waals surface area contributed by atoms with Gasteiger partial charge in [0.05, 0.1) is 35.3 Å². The Morgan fingerprint density at radius 3 is 2.48 bits per heavy atom. The van der Waals surface area contributed by atoms with Crippen LogP contribution in [0.5, 0.6) is 0 Å². The van der Waals surface area contributed by atoms with E-state index in [-0.39, 0.29) is 17.7 Å². The molecular formula is C18H18BrN3O3. The first-order valence-electron chi connectivity index (χ1n) is 7.66. The Balaban J connectivity index is 2.16. The van der Waals surface area contributed by atoms with E-state index >= 15 is 0 Å². The standard InChI is InChI=1S/C18H18BrN3O3/c1-4-25-18(24)16-9-15(11(2)21-12(16)3)17(23)22-20-10-13-5-7-14(19)8-6-13/h5-10H,4H2,1-3H3,(H,22,23)/b20-10+. The number of pyridine rings is 1. The minimum Gasteiger partial charge on any atom is -0.462 e. The highest BCUT2D eigenvalue weighted by Gasteiger charge is 2.17. The normalized spacial score (nSPS) is 10.7. The molecule has 1 aromatic heterocycles. The predicted octanol–water partition coefficient (Wildman–Crippen LogP) is 3.40. The van der Waals surface area contributed by atoms with Gasteiger partial charge in [-0.05, 0) is 44.5 Å². The molecule has 0 aliphatic heterocycles. The van der Waals surface area contributed by atoms with E-state index in [1.807, 2.05) is 24.3 Å². The lowest BCUT2D eigenvalue weighted by molar-refractivity contribution is 0.0525. The molecule has 2 aromatic rings. The summed E-state index contributed by atoms with van der Waals surface area (Å²) < 4.78 is 5.95. The highest BCUT2D eigenvalue weighted by molar-refractivity contribution is 9.10. The summed E-state index contributed by atoms with van der Waals surface area (Å²) in [7, 11) is 0. The molecule has 1 N–H and O–H groups in total. The SMILES string of the molecule is CCOC(=O)c1cc(C(=O)N/N=C/c2ccc(Br)cc2)c(C)nc1C. The second-order valence-electron chi connectivity index (χ2n) is 5.23. The number of esters is 1. The molecule has 0 aliphatic carbocycles. The summed E-state index contributed by atoms with van der Waals surface area (Å²) in [5.41, 5.74) is 4.88. The van der Waals surface area contributed by atoms with Crippen LogP contribution in [0.1, 0.15) is 44.6 Å². The summed E-state index contributed by atoms with van der Waals surface area (Å²) in [5, 5.41) is 3.94. The fraction of sp³-hybridized carbons (Fsp3) is 0.222. The van der Waals surface area contributed by atoms with Crippen LogP contribution < -0.4 is 5.43 Å². The van der Waals surface area contributed by atoms with E-state index in [4.69, 9.17) is 4.74 Å². The first-order chi connectivity index (χ1) is 11.9. The molecule has 0 bridgehead atoms. The minimum absolute atomic E-state index is 0.255. The molecule has 0 saturated heterocycles. The van der Waals surface area contributed by atoms with E-state index in [0.29, 0.717) is 11.4 Å². The van der Waals surface area contributed by atoms with Crippen LogP contribution in [0.3, 0.4) is 0 Å². The number of ether oxygens (including phenoxy) is 1. The summed E-state index contributed by atoms with van der Waals surface area (Å²) in [5.74, 6) is -0.941. The van der Waals surface area contributed by atoms with Gasteiger partial charge in [-0.3, -0.25) is 9.78 Å². The number of aryl methyl sites for hydroxylation is 2. The van der Waals surface area contributed by atoms with Crippen molar-refractivity contribution in [3.8, 4) is 0 Å². The second-order valence-corrected chi connectivity index (χ2v) is 6.14. The van der Waals surface area contributed by atoms with E-state index in [1.165, 1.54) is 12.3 Å². The number of carbonyl (C=O) groups is 2. The number of benzene rings is 1. The van der Waals surface area contributed by atoms with E-state index < -0.39 is 11.9 Å². The lowest BCUT2D eigenvalue weighted by Crippen LogP contribution is -2.21. The lowest BCUT2D eigenvalue weighted by Gasteiger charge is -2.09. The van der Waals surface area contributed by atoms with Crippen molar-refractivity contribution in [2.75, 3.05) is 6.61 Å². The Labute approximate surface area is 154 Å². The van der Waals surface area contributed by atoms with Crippen molar-refractivity contribution in [3.63, 3.8) is 0 Å². The molecular weight excluding hydrogens is 386 g/mol. The Morgan fingerprint density at radius 1 is 1.20 bits per heavy atom. The van der Waals surface area contributed by atoms with Crippen molar-refractivity contribution in [1.82, 2.24) is 10.4 Å². The number of amides is 1. The smallest absolute Gasteiger partial charge is 0.339 e. The van der Waals surface area contributed by atoms with Gasteiger partial charge in [-0.15, -0.1) is 0 Å². The third-order valence-corrected chi connectivity index (χ3v) is 3.92. The summed E-state index contributed by atoms with van der Waals surface area (Å²) in [6, 6.07) is 8.96. The van der Waals surface area contributed by atoms with Gasteiger partial charge in [0.2, 0.25) is 0 Å². The van der Waals surface area contributed by atoms with E-state index in [2.05, 4.69) is 31.4 Å². The van der Waals surface area contributed by atoms with Crippen molar-refractivity contribution in [1.29, 1.82) is 0 Å². The Morgan fingerprint density at radius 2 is 1.84 bits per heavy atom. The topological polar surface area (TPSA) is 80.7 Å². The number of hydrogen-bond donors (Lipinski definition) is 1. The number of nitrogens with zero attached hydrogens (tertiary/aromatic N) is 2. The van der Waals surface area contributed by atoms with Crippen molar-refractivity contribution < 1.29 is 14.3 Å². The Bertz CT molecular complexity index is 817. The number of halogens is 1. The molecule has 0 fully saturated rings. The van der Waals surface area contributed by atoms with Gasteiger partial charge in [-0.25, -0.2) is 10.2 Å². The number of hydrogen-bond acceptors (Lipinski definition) is 5. The quantitative estimate of drug-likeness (QED) is 0.471. The Kier molecular flexibility index (Phi) is 6.41. The van der Waals surface area contributed by atoms with Crippen molar-refractivity contribution >= 4 is 34.0 Å². The van der Waals surface area contributed by atoms with E-state index in [9.17, 15) is 9.59 Å².